The third-order valence-electron chi connectivity index (χ3n) is 3.84. The Morgan fingerprint density at radius 3 is 2.80 bits per heavy atom. The summed E-state index contributed by atoms with van der Waals surface area (Å²) >= 11 is 0. The summed E-state index contributed by atoms with van der Waals surface area (Å²) < 4.78 is 11.0. The second-order valence-corrected chi connectivity index (χ2v) is 6.81. The Kier molecular flexibility index (Phi) is 5.27. The van der Waals surface area contributed by atoms with E-state index in [-0.39, 0.29) is 6.09 Å². The average Bonchev–Trinajstić information content (AvgIpc) is 2.96. The van der Waals surface area contributed by atoms with Gasteiger partial charge in [-0.3, -0.25) is 4.90 Å². The average molecular weight is 284 g/mol. The molecule has 20 heavy (non-hydrogen) atoms. The number of rotatable bonds is 4. The first-order valence-corrected chi connectivity index (χ1v) is 7.76. The molecule has 0 saturated carbocycles. The molecule has 1 amide bonds. The van der Waals surface area contributed by atoms with E-state index in [2.05, 4.69) is 10.2 Å². The summed E-state index contributed by atoms with van der Waals surface area (Å²) in [6.45, 7) is 9.33. The zero-order chi connectivity index (χ0) is 14.6. The van der Waals surface area contributed by atoms with Crippen LogP contribution in [0.3, 0.4) is 0 Å². The highest BCUT2D eigenvalue weighted by atomic mass is 16.6. The Balaban J connectivity index is 1.72. The van der Waals surface area contributed by atoms with E-state index < -0.39 is 5.60 Å². The van der Waals surface area contributed by atoms with E-state index in [1.54, 1.807) is 0 Å². The van der Waals surface area contributed by atoms with Gasteiger partial charge in [0.05, 0.1) is 6.10 Å². The van der Waals surface area contributed by atoms with Crippen molar-refractivity contribution in [3.8, 4) is 0 Å². The number of carbonyl (C=O) groups excluding carboxylic acids is 1. The largest absolute Gasteiger partial charge is 0.444 e. The molecular weight excluding hydrogens is 256 g/mol. The molecule has 0 aromatic rings. The second kappa shape index (κ2) is 6.76. The SMILES string of the molecule is CC(C)(C)OC(=O)NCC1CCCN1CC1CCCO1. The highest BCUT2D eigenvalue weighted by Crippen LogP contribution is 2.21. The highest BCUT2D eigenvalue weighted by molar-refractivity contribution is 5.67. The van der Waals surface area contributed by atoms with E-state index in [0.29, 0.717) is 18.7 Å². The minimum absolute atomic E-state index is 0.318. The van der Waals surface area contributed by atoms with E-state index in [1.165, 1.54) is 19.3 Å². The number of hydrogen-bond donors (Lipinski definition) is 1. The standard InChI is InChI=1S/C15H28N2O3/c1-15(2,3)20-14(18)16-10-12-6-4-8-17(12)11-13-7-5-9-19-13/h12-13H,4-11H2,1-3H3,(H,16,18). The van der Waals surface area contributed by atoms with Gasteiger partial charge in [-0.05, 0) is 53.0 Å². The minimum atomic E-state index is -0.433. The summed E-state index contributed by atoms with van der Waals surface area (Å²) in [5, 5.41) is 2.89. The van der Waals surface area contributed by atoms with Gasteiger partial charge in [-0.25, -0.2) is 4.79 Å². The summed E-state index contributed by atoms with van der Waals surface area (Å²) in [4.78, 5) is 14.1. The van der Waals surface area contributed by atoms with Gasteiger partial charge in [-0.15, -0.1) is 0 Å². The molecule has 2 unspecified atom stereocenters. The van der Waals surface area contributed by atoms with Gasteiger partial charge in [0.2, 0.25) is 0 Å². The smallest absolute Gasteiger partial charge is 0.407 e. The first-order chi connectivity index (χ1) is 9.44. The van der Waals surface area contributed by atoms with Crippen LogP contribution in [0.5, 0.6) is 0 Å². The van der Waals surface area contributed by atoms with Gasteiger partial charge in [-0.1, -0.05) is 0 Å². The van der Waals surface area contributed by atoms with Crippen molar-refractivity contribution in [3.05, 3.63) is 0 Å². The lowest BCUT2D eigenvalue weighted by Gasteiger charge is -2.27. The highest BCUT2D eigenvalue weighted by Gasteiger charge is 2.29. The van der Waals surface area contributed by atoms with E-state index in [1.807, 2.05) is 20.8 Å². The molecule has 0 spiro atoms. The van der Waals surface area contributed by atoms with Crippen LogP contribution in [0.4, 0.5) is 4.79 Å². The van der Waals surface area contributed by atoms with Gasteiger partial charge < -0.3 is 14.8 Å². The molecular formula is C15H28N2O3. The molecule has 0 aromatic carbocycles. The monoisotopic (exact) mass is 284 g/mol. The number of nitrogens with one attached hydrogen (secondary N) is 1. The molecule has 5 heteroatoms. The predicted octanol–water partition coefficient (Wildman–Crippen LogP) is 2.15. The first kappa shape index (κ1) is 15.6. The van der Waals surface area contributed by atoms with Crippen LogP contribution in [0.15, 0.2) is 0 Å². The van der Waals surface area contributed by atoms with Gasteiger partial charge in [0.25, 0.3) is 0 Å². The van der Waals surface area contributed by atoms with Gasteiger partial charge in [0, 0.05) is 25.7 Å². The van der Waals surface area contributed by atoms with Crippen molar-refractivity contribution < 1.29 is 14.3 Å². The number of hydrogen-bond acceptors (Lipinski definition) is 4. The van der Waals surface area contributed by atoms with Crippen molar-refractivity contribution in [1.82, 2.24) is 10.2 Å². The maximum absolute atomic E-state index is 11.7. The molecule has 2 fully saturated rings. The zero-order valence-electron chi connectivity index (χ0n) is 13.0. The Hall–Kier alpha value is -0.810. The Bertz CT molecular complexity index is 322. The predicted molar refractivity (Wildman–Crippen MR) is 77.8 cm³/mol. The molecule has 0 aromatic heterocycles. The molecule has 0 radical (unpaired) electrons. The number of likely N-dealkylation sites (tertiary alicyclic amines) is 1. The topological polar surface area (TPSA) is 50.8 Å². The summed E-state index contributed by atoms with van der Waals surface area (Å²) in [5.74, 6) is 0. The van der Waals surface area contributed by atoms with Crippen molar-refractivity contribution in [1.29, 1.82) is 0 Å². The Morgan fingerprint density at radius 1 is 1.35 bits per heavy atom. The van der Waals surface area contributed by atoms with Crippen LogP contribution in [0, 0.1) is 0 Å². The quantitative estimate of drug-likeness (QED) is 0.859. The van der Waals surface area contributed by atoms with Crippen LogP contribution in [-0.2, 0) is 9.47 Å². The van der Waals surface area contributed by atoms with E-state index in [9.17, 15) is 4.79 Å². The maximum atomic E-state index is 11.7. The Labute approximate surface area is 122 Å². The van der Waals surface area contributed by atoms with Crippen LogP contribution >= 0.6 is 0 Å². The zero-order valence-corrected chi connectivity index (χ0v) is 13.0. The van der Waals surface area contributed by atoms with Gasteiger partial charge in [-0.2, -0.15) is 0 Å². The molecule has 116 valence electrons. The fourth-order valence-corrected chi connectivity index (χ4v) is 2.93. The summed E-state index contributed by atoms with van der Waals surface area (Å²) in [5.41, 5.74) is -0.433. The summed E-state index contributed by atoms with van der Waals surface area (Å²) in [6, 6.07) is 0.423. The lowest BCUT2D eigenvalue weighted by molar-refractivity contribution is 0.0488. The van der Waals surface area contributed by atoms with Crippen LogP contribution in [0.1, 0.15) is 46.5 Å². The van der Waals surface area contributed by atoms with Gasteiger partial charge >= 0.3 is 6.09 Å². The molecule has 2 saturated heterocycles. The molecule has 5 nitrogen and oxygen atoms in total. The first-order valence-electron chi connectivity index (χ1n) is 7.76. The molecule has 2 atom stereocenters. The van der Waals surface area contributed by atoms with Gasteiger partial charge in [0.15, 0.2) is 0 Å². The molecule has 2 aliphatic heterocycles. The van der Waals surface area contributed by atoms with Crippen molar-refractivity contribution in [2.24, 2.45) is 0 Å². The minimum Gasteiger partial charge on any atom is -0.444 e. The molecule has 2 aliphatic rings. The van der Waals surface area contributed by atoms with Crippen molar-refractivity contribution in [3.63, 3.8) is 0 Å². The van der Waals surface area contributed by atoms with Crippen molar-refractivity contribution in [2.45, 2.75) is 64.2 Å². The van der Waals surface area contributed by atoms with Crippen LogP contribution in [-0.4, -0.2) is 55.0 Å². The number of amides is 1. The molecule has 2 rings (SSSR count). The third kappa shape index (κ3) is 4.94. The third-order valence-corrected chi connectivity index (χ3v) is 3.84. The number of carbonyl (C=O) groups is 1. The second-order valence-electron chi connectivity index (χ2n) is 6.81. The molecule has 0 bridgehead atoms. The summed E-state index contributed by atoms with van der Waals surface area (Å²) in [6.07, 6.45) is 4.76. The lowest BCUT2D eigenvalue weighted by atomic mass is 10.2. The van der Waals surface area contributed by atoms with E-state index in [0.717, 1.165) is 26.1 Å². The summed E-state index contributed by atoms with van der Waals surface area (Å²) in [7, 11) is 0. The number of alkyl carbamates (subject to hydrolysis) is 1. The molecule has 2 heterocycles. The van der Waals surface area contributed by atoms with Gasteiger partial charge in [0.1, 0.15) is 5.60 Å². The van der Waals surface area contributed by atoms with Crippen LogP contribution in [0.2, 0.25) is 0 Å². The van der Waals surface area contributed by atoms with Crippen LogP contribution in [0.25, 0.3) is 0 Å². The lowest BCUT2D eigenvalue weighted by Crippen LogP contribution is -2.44. The fraction of sp³-hybridized carbons (Fsp3) is 0.933. The number of ether oxygens (including phenoxy) is 2. The van der Waals surface area contributed by atoms with Crippen molar-refractivity contribution in [2.75, 3.05) is 26.2 Å². The van der Waals surface area contributed by atoms with E-state index >= 15 is 0 Å². The normalized spacial score (nSPS) is 27.8. The molecule has 1 N–H and O–H groups in total. The van der Waals surface area contributed by atoms with E-state index in [4.69, 9.17) is 9.47 Å². The van der Waals surface area contributed by atoms with Crippen LogP contribution < -0.4 is 5.32 Å². The van der Waals surface area contributed by atoms with Crippen molar-refractivity contribution >= 4 is 6.09 Å². The molecule has 0 aliphatic carbocycles. The maximum Gasteiger partial charge on any atom is 0.407 e. The Morgan fingerprint density at radius 2 is 2.15 bits per heavy atom. The fourth-order valence-electron chi connectivity index (χ4n) is 2.93. The number of nitrogens with zero attached hydrogens (tertiary/aromatic N) is 1.